The van der Waals surface area contributed by atoms with E-state index < -0.39 is 0 Å². The Kier molecular flexibility index (Phi) is 6.06. The van der Waals surface area contributed by atoms with Crippen LogP contribution in [0.15, 0.2) is 28.8 Å². The molecular formula is C22H28N4O3. The molecule has 7 heteroatoms. The molecule has 1 unspecified atom stereocenters. The molecule has 29 heavy (non-hydrogen) atoms. The molecule has 0 saturated carbocycles. The van der Waals surface area contributed by atoms with Crippen LogP contribution in [0.3, 0.4) is 0 Å². The number of nitrogens with one attached hydrogen (secondary N) is 1. The van der Waals surface area contributed by atoms with Gasteiger partial charge in [-0.3, -0.25) is 9.48 Å². The Bertz CT molecular complexity index is 1020. The van der Waals surface area contributed by atoms with Crippen molar-refractivity contribution >= 4 is 5.91 Å². The lowest BCUT2D eigenvalue weighted by Gasteiger charge is -2.15. The molecule has 3 aromatic rings. The Morgan fingerprint density at radius 3 is 2.62 bits per heavy atom. The second kappa shape index (κ2) is 8.51. The normalized spacial score (nSPS) is 12.1. The molecule has 2 aromatic heterocycles. The quantitative estimate of drug-likeness (QED) is 0.657. The van der Waals surface area contributed by atoms with E-state index in [4.69, 9.17) is 9.26 Å². The number of aromatic nitrogens is 3. The maximum atomic E-state index is 12.8. The minimum Gasteiger partial charge on any atom is -0.488 e. The molecule has 1 amide bonds. The summed E-state index contributed by atoms with van der Waals surface area (Å²) in [4.78, 5) is 12.8. The number of benzene rings is 1. The van der Waals surface area contributed by atoms with Crippen LogP contribution < -0.4 is 10.1 Å². The molecule has 1 aromatic carbocycles. The summed E-state index contributed by atoms with van der Waals surface area (Å²) in [5.74, 6) is 1.07. The molecule has 0 fully saturated rings. The second-order valence-electron chi connectivity index (χ2n) is 7.61. The molecule has 0 aliphatic carbocycles. The number of rotatable bonds is 7. The summed E-state index contributed by atoms with van der Waals surface area (Å²) in [6.07, 6.45) is 0. The van der Waals surface area contributed by atoms with Gasteiger partial charge in [0.25, 0.3) is 5.91 Å². The lowest BCUT2D eigenvalue weighted by molar-refractivity contribution is 0.0924. The van der Waals surface area contributed by atoms with Crippen LogP contribution in [0.4, 0.5) is 0 Å². The first-order valence-corrected chi connectivity index (χ1v) is 9.71. The maximum absolute atomic E-state index is 12.8. The van der Waals surface area contributed by atoms with Crippen molar-refractivity contribution in [2.75, 3.05) is 0 Å². The van der Waals surface area contributed by atoms with Crippen LogP contribution in [-0.4, -0.2) is 26.9 Å². The third kappa shape index (κ3) is 4.85. The van der Waals surface area contributed by atoms with Gasteiger partial charge in [-0.15, -0.1) is 0 Å². The van der Waals surface area contributed by atoms with E-state index in [0.29, 0.717) is 17.9 Å². The molecule has 7 nitrogen and oxygen atoms in total. The largest absolute Gasteiger partial charge is 0.488 e. The number of carbonyl (C=O) groups is 1. The molecule has 3 rings (SSSR count). The van der Waals surface area contributed by atoms with Gasteiger partial charge in [0.15, 0.2) is 5.69 Å². The predicted octanol–water partition coefficient (Wildman–Crippen LogP) is 3.81. The van der Waals surface area contributed by atoms with Crippen LogP contribution in [0, 0.1) is 34.6 Å². The number of carbonyl (C=O) groups excluding carboxylic acids is 1. The monoisotopic (exact) mass is 396 g/mol. The Hall–Kier alpha value is -3.09. The highest BCUT2D eigenvalue weighted by atomic mass is 16.5. The highest BCUT2D eigenvalue weighted by Gasteiger charge is 2.22. The Balaban J connectivity index is 1.67. The topological polar surface area (TPSA) is 82.2 Å². The van der Waals surface area contributed by atoms with Gasteiger partial charge in [-0.25, -0.2) is 0 Å². The first kappa shape index (κ1) is 20.6. The van der Waals surface area contributed by atoms with E-state index in [1.54, 1.807) is 6.92 Å². The van der Waals surface area contributed by atoms with Crippen molar-refractivity contribution in [3.63, 3.8) is 0 Å². The number of hydrogen-bond acceptors (Lipinski definition) is 5. The van der Waals surface area contributed by atoms with Crippen LogP contribution >= 0.6 is 0 Å². The van der Waals surface area contributed by atoms with Crippen LogP contribution in [-0.2, 0) is 13.2 Å². The highest BCUT2D eigenvalue weighted by molar-refractivity contribution is 5.93. The van der Waals surface area contributed by atoms with Gasteiger partial charge in [0.1, 0.15) is 18.1 Å². The number of nitrogens with zero attached hydrogens (tertiary/aromatic N) is 3. The predicted molar refractivity (Wildman–Crippen MR) is 110 cm³/mol. The van der Waals surface area contributed by atoms with Crippen LogP contribution in [0.25, 0.3) is 0 Å². The van der Waals surface area contributed by atoms with Crippen molar-refractivity contribution in [1.82, 2.24) is 20.3 Å². The smallest absolute Gasteiger partial charge is 0.274 e. The van der Waals surface area contributed by atoms with Crippen molar-refractivity contribution in [2.45, 2.75) is 60.7 Å². The molecule has 0 aliphatic heterocycles. The summed E-state index contributed by atoms with van der Waals surface area (Å²) >= 11 is 0. The summed E-state index contributed by atoms with van der Waals surface area (Å²) in [5, 5.41) is 11.4. The first-order chi connectivity index (χ1) is 13.7. The summed E-state index contributed by atoms with van der Waals surface area (Å²) in [6.45, 7) is 12.5. The third-order valence-electron chi connectivity index (χ3n) is 4.83. The molecule has 0 radical (unpaired) electrons. The Morgan fingerprint density at radius 2 is 1.97 bits per heavy atom. The zero-order chi connectivity index (χ0) is 21.1. The SMILES string of the molecule is Cc1ccc(OCc2c(C(=O)NC(C)Cn3nc(C)cc3C)noc2C)c(C)c1. The van der Waals surface area contributed by atoms with Crippen molar-refractivity contribution in [2.24, 2.45) is 0 Å². The fraction of sp³-hybridized carbons (Fsp3) is 0.409. The molecule has 0 spiro atoms. The van der Waals surface area contributed by atoms with Gasteiger partial charge < -0.3 is 14.6 Å². The summed E-state index contributed by atoms with van der Waals surface area (Å²) in [6, 6.07) is 7.88. The summed E-state index contributed by atoms with van der Waals surface area (Å²) < 4.78 is 13.1. The average molecular weight is 396 g/mol. The van der Waals surface area contributed by atoms with Gasteiger partial charge in [-0.05, 0) is 59.2 Å². The van der Waals surface area contributed by atoms with Gasteiger partial charge in [-0.1, -0.05) is 22.9 Å². The Labute approximate surface area is 171 Å². The fourth-order valence-electron chi connectivity index (χ4n) is 3.31. The third-order valence-corrected chi connectivity index (χ3v) is 4.83. The number of hydrogen-bond donors (Lipinski definition) is 1. The number of amides is 1. The Morgan fingerprint density at radius 1 is 1.21 bits per heavy atom. The van der Waals surface area contributed by atoms with Gasteiger partial charge >= 0.3 is 0 Å². The van der Waals surface area contributed by atoms with E-state index in [1.807, 2.05) is 57.5 Å². The van der Waals surface area contributed by atoms with Crippen molar-refractivity contribution < 1.29 is 14.1 Å². The molecule has 1 N–H and O–H groups in total. The number of ether oxygens (including phenoxy) is 1. The van der Waals surface area contributed by atoms with E-state index in [0.717, 1.165) is 22.7 Å². The van der Waals surface area contributed by atoms with Crippen LogP contribution in [0.1, 0.15) is 51.3 Å². The second-order valence-corrected chi connectivity index (χ2v) is 7.61. The maximum Gasteiger partial charge on any atom is 0.274 e. The zero-order valence-electron chi connectivity index (χ0n) is 17.9. The molecular weight excluding hydrogens is 368 g/mol. The van der Waals surface area contributed by atoms with Crippen LogP contribution in [0.5, 0.6) is 5.75 Å². The van der Waals surface area contributed by atoms with Gasteiger partial charge in [-0.2, -0.15) is 5.10 Å². The molecule has 154 valence electrons. The summed E-state index contributed by atoms with van der Waals surface area (Å²) in [7, 11) is 0. The standard InChI is InChI=1S/C22H28N4O3/c1-13-7-8-20(14(2)9-13)28-12-19-18(6)29-25-21(19)22(27)23-16(4)11-26-17(5)10-15(3)24-26/h7-10,16H,11-12H2,1-6H3,(H,23,27). The van der Waals surface area contributed by atoms with E-state index in [-0.39, 0.29) is 24.2 Å². The summed E-state index contributed by atoms with van der Waals surface area (Å²) in [5.41, 5.74) is 5.15. The highest BCUT2D eigenvalue weighted by Crippen LogP contribution is 2.22. The average Bonchev–Trinajstić information content (AvgIpc) is 3.15. The van der Waals surface area contributed by atoms with E-state index >= 15 is 0 Å². The number of aryl methyl sites for hydroxylation is 5. The molecule has 1 atom stereocenters. The molecule has 0 bridgehead atoms. The van der Waals surface area contributed by atoms with Gasteiger partial charge in [0.05, 0.1) is 17.8 Å². The van der Waals surface area contributed by atoms with Crippen molar-refractivity contribution in [3.8, 4) is 5.75 Å². The van der Waals surface area contributed by atoms with Crippen molar-refractivity contribution in [1.29, 1.82) is 0 Å². The van der Waals surface area contributed by atoms with Crippen LogP contribution in [0.2, 0.25) is 0 Å². The van der Waals surface area contributed by atoms with Gasteiger partial charge in [0.2, 0.25) is 0 Å². The molecule has 2 heterocycles. The fourth-order valence-corrected chi connectivity index (χ4v) is 3.31. The minimum absolute atomic E-state index is 0.120. The van der Waals surface area contributed by atoms with Crippen molar-refractivity contribution in [3.05, 3.63) is 63.8 Å². The van der Waals surface area contributed by atoms with E-state index in [9.17, 15) is 4.79 Å². The lowest BCUT2D eigenvalue weighted by atomic mass is 10.1. The van der Waals surface area contributed by atoms with E-state index in [1.165, 1.54) is 5.56 Å². The molecule has 0 aliphatic rings. The van der Waals surface area contributed by atoms with E-state index in [2.05, 4.69) is 21.6 Å². The lowest BCUT2D eigenvalue weighted by Crippen LogP contribution is -2.36. The minimum atomic E-state index is -0.282. The zero-order valence-corrected chi connectivity index (χ0v) is 17.9. The van der Waals surface area contributed by atoms with Gasteiger partial charge in [0, 0.05) is 11.7 Å². The molecule has 0 saturated heterocycles. The first-order valence-electron chi connectivity index (χ1n) is 9.71.